The zero-order chi connectivity index (χ0) is 14.7. The molecule has 0 radical (unpaired) electrons. The lowest BCUT2D eigenvalue weighted by Gasteiger charge is -2.10. The molecule has 7 heteroatoms. The highest BCUT2D eigenvalue weighted by atomic mass is 35.5. The molecule has 0 unspecified atom stereocenters. The molecule has 104 valence electrons. The minimum Gasteiger partial charge on any atom is -0.398 e. The second-order valence-corrected chi connectivity index (χ2v) is 5.19. The van der Waals surface area contributed by atoms with Gasteiger partial charge in [0.15, 0.2) is 0 Å². The van der Waals surface area contributed by atoms with Crippen LogP contribution in [-0.4, -0.2) is 6.03 Å². The Morgan fingerprint density at radius 2 is 1.70 bits per heavy atom. The molecule has 0 atom stereocenters. The quantitative estimate of drug-likeness (QED) is 0.687. The minimum atomic E-state index is -0.463. The van der Waals surface area contributed by atoms with E-state index in [9.17, 15) is 4.79 Å². The first-order valence-electron chi connectivity index (χ1n) is 5.54. The lowest BCUT2D eigenvalue weighted by molar-refractivity contribution is 0.262. The Balaban J connectivity index is 2.09. The van der Waals surface area contributed by atoms with E-state index < -0.39 is 6.03 Å². The van der Waals surface area contributed by atoms with E-state index in [0.717, 1.165) is 0 Å². The van der Waals surface area contributed by atoms with Crippen LogP contribution < -0.4 is 16.4 Å². The molecule has 0 aliphatic heterocycles. The van der Waals surface area contributed by atoms with Gasteiger partial charge in [-0.25, -0.2) is 4.79 Å². The number of nitrogen functional groups attached to an aromatic ring is 1. The van der Waals surface area contributed by atoms with Crippen molar-refractivity contribution in [1.29, 1.82) is 0 Å². The van der Waals surface area contributed by atoms with Crippen molar-refractivity contribution in [2.24, 2.45) is 0 Å². The predicted molar refractivity (Wildman–Crippen MR) is 85.0 cm³/mol. The Morgan fingerprint density at radius 3 is 2.40 bits per heavy atom. The fraction of sp³-hybridized carbons (Fsp3) is 0. The molecule has 2 aromatic carbocycles. The zero-order valence-corrected chi connectivity index (χ0v) is 12.4. The third-order valence-electron chi connectivity index (χ3n) is 2.43. The van der Waals surface area contributed by atoms with Gasteiger partial charge in [0.05, 0.1) is 21.4 Å². The summed E-state index contributed by atoms with van der Waals surface area (Å²) in [5.41, 5.74) is 6.96. The van der Waals surface area contributed by atoms with Gasteiger partial charge in [-0.05, 0) is 36.4 Å². The Morgan fingerprint density at radius 1 is 0.950 bits per heavy atom. The molecule has 0 saturated heterocycles. The number of hydrogen-bond acceptors (Lipinski definition) is 2. The number of nitrogens with one attached hydrogen (secondary N) is 2. The molecule has 0 spiro atoms. The first-order chi connectivity index (χ1) is 9.45. The van der Waals surface area contributed by atoms with E-state index in [1.54, 1.807) is 36.4 Å². The van der Waals surface area contributed by atoms with E-state index in [-0.39, 0.29) is 0 Å². The predicted octanol–water partition coefficient (Wildman–Crippen LogP) is 4.87. The fourth-order valence-corrected chi connectivity index (χ4v) is 2.00. The third-order valence-corrected chi connectivity index (χ3v) is 3.33. The number of benzene rings is 2. The lowest BCUT2D eigenvalue weighted by atomic mass is 10.3. The summed E-state index contributed by atoms with van der Waals surface area (Å²) in [6.07, 6.45) is 0. The van der Waals surface area contributed by atoms with E-state index >= 15 is 0 Å². The highest BCUT2D eigenvalue weighted by Gasteiger charge is 2.07. The zero-order valence-electron chi connectivity index (χ0n) is 10.1. The molecule has 2 rings (SSSR count). The van der Waals surface area contributed by atoms with Crippen LogP contribution in [0, 0.1) is 0 Å². The molecule has 0 bridgehead atoms. The summed E-state index contributed by atoms with van der Waals surface area (Å²) in [5, 5.41) is 6.43. The van der Waals surface area contributed by atoms with E-state index in [1.807, 2.05) is 0 Å². The van der Waals surface area contributed by atoms with Crippen LogP contribution in [-0.2, 0) is 0 Å². The Hall–Kier alpha value is -1.62. The summed E-state index contributed by atoms with van der Waals surface area (Å²) in [6, 6.07) is 9.11. The normalized spacial score (nSPS) is 10.2. The first kappa shape index (κ1) is 14.8. The summed E-state index contributed by atoms with van der Waals surface area (Å²) in [5.74, 6) is 0. The fourth-order valence-electron chi connectivity index (χ4n) is 1.48. The van der Waals surface area contributed by atoms with Gasteiger partial charge in [-0.15, -0.1) is 0 Å². The Bertz CT molecular complexity index is 661. The van der Waals surface area contributed by atoms with Crippen LogP contribution >= 0.6 is 34.8 Å². The van der Waals surface area contributed by atoms with Crippen LogP contribution in [0.15, 0.2) is 36.4 Å². The van der Waals surface area contributed by atoms with Crippen LogP contribution in [0.3, 0.4) is 0 Å². The molecule has 0 aromatic heterocycles. The van der Waals surface area contributed by atoms with Crippen molar-refractivity contribution in [1.82, 2.24) is 0 Å². The van der Waals surface area contributed by atoms with E-state index in [1.165, 1.54) is 0 Å². The van der Waals surface area contributed by atoms with Gasteiger partial charge in [0.25, 0.3) is 0 Å². The van der Waals surface area contributed by atoms with Crippen molar-refractivity contribution in [3.63, 3.8) is 0 Å². The maximum Gasteiger partial charge on any atom is 0.323 e. The number of urea groups is 1. The number of amides is 2. The number of carbonyl (C=O) groups excluding carboxylic acids is 1. The summed E-state index contributed by atoms with van der Waals surface area (Å²) >= 11 is 17.7. The average molecular weight is 331 g/mol. The van der Waals surface area contributed by atoms with Crippen molar-refractivity contribution in [2.45, 2.75) is 0 Å². The second-order valence-electron chi connectivity index (χ2n) is 3.94. The molecule has 0 aliphatic rings. The molecule has 2 aromatic rings. The molecule has 0 fully saturated rings. The standard InChI is InChI=1S/C13H10Cl3N3O/c14-7-1-3-9(15)12(5-7)19-13(20)18-8-2-4-11(17)10(16)6-8/h1-6H,17H2,(H2,18,19,20). The van der Waals surface area contributed by atoms with Crippen molar-refractivity contribution in [3.8, 4) is 0 Å². The average Bonchev–Trinajstić information content (AvgIpc) is 2.38. The van der Waals surface area contributed by atoms with Gasteiger partial charge in [0.2, 0.25) is 0 Å². The molecule has 0 aliphatic carbocycles. The van der Waals surface area contributed by atoms with Crippen LogP contribution in [0.4, 0.5) is 21.9 Å². The topological polar surface area (TPSA) is 67.1 Å². The second kappa shape index (κ2) is 6.22. The molecule has 20 heavy (non-hydrogen) atoms. The van der Waals surface area contributed by atoms with E-state index in [4.69, 9.17) is 40.5 Å². The van der Waals surface area contributed by atoms with Crippen LogP contribution in [0.1, 0.15) is 0 Å². The van der Waals surface area contributed by atoms with Gasteiger partial charge < -0.3 is 16.4 Å². The largest absolute Gasteiger partial charge is 0.398 e. The van der Waals surface area contributed by atoms with Crippen molar-refractivity contribution in [2.75, 3.05) is 16.4 Å². The number of halogens is 3. The molecule has 4 N–H and O–H groups in total. The van der Waals surface area contributed by atoms with Gasteiger partial charge >= 0.3 is 6.03 Å². The monoisotopic (exact) mass is 329 g/mol. The van der Waals surface area contributed by atoms with Gasteiger partial charge in [-0.3, -0.25) is 0 Å². The summed E-state index contributed by atoms with van der Waals surface area (Å²) < 4.78 is 0. The first-order valence-corrected chi connectivity index (χ1v) is 6.67. The molecule has 2 amide bonds. The van der Waals surface area contributed by atoms with Gasteiger partial charge in [-0.2, -0.15) is 0 Å². The van der Waals surface area contributed by atoms with Crippen LogP contribution in [0.2, 0.25) is 15.1 Å². The molecular formula is C13H10Cl3N3O. The smallest absolute Gasteiger partial charge is 0.323 e. The number of rotatable bonds is 2. The molecule has 4 nitrogen and oxygen atoms in total. The molecule has 0 saturated carbocycles. The maximum atomic E-state index is 11.8. The van der Waals surface area contributed by atoms with E-state index in [0.29, 0.717) is 32.1 Å². The summed E-state index contributed by atoms with van der Waals surface area (Å²) in [4.78, 5) is 11.8. The maximum absolute atomic E-state index is 11.8. The molecular weight excluding hydrogens is 321 g/mol. The number of carbonyl (C=O) groups is 1. The summed E-state index contributed by atoms with van der Waals surface area (Å²) in [7, 11) is 0. The molecule has 0 heterocycles. The summed E-state index contributed by atoms with van der Waals surface area (Å²) in [6.45, 7) is 0. The van der Waals surface area contributed by atoms with Crippen molar-refractivity contribution < 1.29 is 4.79 Å². The Labute approximate surface area is 130 Å². The SMILES string of the molecule is Nc1ccc(NC(=O)Nc2cc(Cl)ccc2Cl)cc1Cl. The highest BCUT2D eigenvalue weighted by molar-refractivity contribution is 6.36. The van der Waals surface area contributed by atoms with Gasteiger partial charge in [0.1, 0.15) is 0 Å². The third kappa shape index (κ3) is 3.70. The lowest BCUT2D eigenvalue weighted by Crippen LogP contribution is -2.19. The highest BCUT2D eigenvalue weighted by Crippen LogP contribution is 2.26. The van der Waals surface area contributed by atoms with Gasteiger partial charge in [0, 0.05) is 10.7 Å². The number of nitrogens with two attached hydrogens (primary N) is 1. The minimum absolute atomic E-state index is 0.364. The Kier molecular flexibility index (Phi) is 4.60. The number of hydrogen-bond donors (Lipinski definition) is 3. The van der Waals surface area contributed by atoms with Crippen molar-refractivity contribution in [3.05, 3.63) is 51.5 Å². The van der Waals surface area contributed by atoms with Crippen LogP contribution in [0.25, 0.3) is 0 Å². The van der Waals surface area contributed by atoms with Crippen molar-refractivity contribution >= 4 is 57.9 Å². The van der Waals surface area contributed by atoms with Crippen LogP contribution in [0.5, 0.6) is 0 Å². The number of anilines is 3. The van der Waals surface area contributed by atoms with E-state index in [2.05, 4.69) is 10.6 Å². The van der Waals surface area contributed by atoms with Gasteiger partial charge in [-0.1, -0.05) is 34.8 Å².